The third-order valence-electron chi connectivity index (χ3n) is 5.25. The van der Waals surface area contributed by atoms with Gasteiger partial charge in [0.1, 0.15) is 5.75 Å². The molecule has 0 aromatic heterocycles. The smallest absolute Gasteiger partial charge is 0.304 e. The number of carboxylic acids is 1. The number of benzene rings is 1. The van der Waals surface area contributed by atoms with Crippen LogP contribution in [0.3, 0.4) is 0 Å². The monoisotopic (exact) mass is 393 g/mol. The van der Waals surface area contributed by atoms with Crippen LogP contribution in [0.1, 0.15) is 49.7 Å². The van der Waals surface area contributed by atoms with E-state index in [1.165, 1.54) is 22.3 Å². The van der Waals surface area contributed by atoms with Crippen molar-refractivity contribution in [1.29, 1.82) is 0 Å². The van der Waals surface area contributed by atoms with Gasteiger partial charge in [0.2, 0.25) is 0 Å². The maximum absolute atomic E-state index is 10.6. The molecule has 0 bridgehead atoms. The van der Waals surface area contributed by atoms with Crippen molar-refractivity contribution >= 4 is 11.5 Å². The minimum atomic E-state index is -0.758. The van der Waals surface area contributed by atoms with Gasteiger partial charge in [-0.15, -0.1) is 0 Å². The van der Waals surface area contributed by atoms with Gasteiger partial charge in [-0.25, -0.2) is 0 Å². The highest BCUT2D eigenvalue weighted by Gasteiger charge is 2.13. The summed E-state index contributed by atoms with van der Waals surface area (Å²) in [7, 11) is 0. The first-order valence-electron chi connectivity index (χ1n) is 10.6. The Morgan fingerprint density at radius 1 is 1.24 bits per heavy atom. The maximum atomic E-state index is 10.6. The van der Waals surface area contributed by atoms with Crippen LogP contribution in [0.2, 0.25) is 0 Å². The molecule has 154 valence electrons. The van der Waals surface area contributed by atoms with Crippen molar-refractivity contribution < 1.29 is 14.6 Å². The molecular formula is C25H31NO3. The molecule has 0 unspecified atom stereocenters. The third-order valence-corrected chi connectivity index (χ3v) is 5.25. The van der Waals surface area contributed by atoms with Crippen LogP contribution in [0.15, 0.2) is 60.2 Å². The van der Waals surface area contributed by atoms with Gasteiger partial charge >= 0.3 is 5.97 Å². The molecule has 2 aliphatic carbocycles. The van der Waals surface area contributed by atoms with Crippen molar-refractivity contribution in [2.75, 3.05) is 19.7 Å². The second-order valence-corrected chi connectivity index (χ2v) is 7.49. The number of fused-ring (bicyclic) bond motifs is 1. The van der Waals surface area contributed by atoms with Crippen molar-refractivity contribution in [3.8, 4) is 5.75 Å². The Balaban J connectivity index is 1.43. The first-order chi connectivity index (χ1) is 14.2. The van der Waals surface area contributed by atoms with E-state index in [0.29, 0.717) is 6.54 Å². The number of unbranched alkanes of at least 4 members (excludes halogenated alkanes) is 1. The number of carboxylic acid groups (broad SMARTS) is 1. The Kier molecular flexibility index (Phi) is 8.32. The van der Waals surface area contributed by atoms with E-state index in [9.17, 15) is 4.79 Å². The predicted molar refractivity (Wildman–Crippen MR) is 118 cm³/mol. The van der Waals surface area contributed by atoms with Crippen LogP contribution in [0.25, 0.3) is 5.57 Å². The minimum absolute atomic E-state index is 0.168. The largest absolute Gasteiger partial charge is 0.494 e. The lowest BCUT2D eigenvalue weighted by Gasteiger charge is -2.19. The molecule has 0 saturated carbocycles. The molecule has 0 fully saturated rings. The summed E-state index contributed by atoms with van der Waals surface area (Å²) in [6.07, 6.45) is 19.4. The Hall–Kier alpha value is -2.59. The van der Waals surface area contributed by atoms with E-state index in [2.05, 4.69) is 60.0 Å². The Morgan fingerprint density at radius 2 is 2.17 bits per heavy atom. The molecule has 4 nitrogen and oxygen atoms in total. The molecule has 0 atom stereocenters. The molecule has 1 aromatic carbocycles. The van der Waals surface area contributed by atoms with Crippen molar-refractivity contribution in [1.82, 2.24) is 5.32 Å². The summed E-state index contributed by atoms with van der Waals surface area (Å²) in [6.45, 7) is 2.06. The number of ether oxygens (including phenoxy) is 1. The summed E-state index contributed by atoms with van der Waals surface area (Å²) in [5.41, 5.74) is 5.40. The Labute approximate surface area is 173 Å². The third kappa shape index (κ3) is 7.06. The van der Waals surface area contributed by atoms with Gasteiger partial charge in [0.05, 0.1) is 13.0 Å². The first-order valence-corrected chi connectivity index (χ1v) is 10.6. The van der Waals surface area contributed by atoms with Crippen LogP contribution in [0.5, 0.6) is 5.75 Å². The quantitative estimate of drug-likeness (QED) is 0.515. The van der Waals surface area contributed by atoms with Gasteiger partial charge in [-0.1, -0.05) is 42.5 Å². The molecule has 4 heteroatoms. The average molecular weight is 394 g/mol. The molecular weight excluding hydrogens is 362 g/mol. The van der Waals surface area contributed by atoms with E-state index < -0.39 is 5.97 Å². The van der Waals surface area contributed by atoms with Gasteiger partial charge in [0.25, 0.3) is 0 Å². The second kappa shape index (κ2) is 11.4. The lowest BCUT2D eigenvalue weighted by molar-refractivity contribution is -0.136. The zero-order chi connectivity index (χ0) is 20.3. The lowest BCUT2D eigenvalue weighted by Crippen LogP contribution is -2.19. The van der Waals surface area contributed by atoms with Crippen LogP contribution in [-0.2, 0) is 11.2 Å². The van der Waals surface area contributed by atoms with Crippen molar-refractivity contribution in [2.24, 2.45) is 0 Å². The van der Waals surface area contributed by atoms with Crippen LogP contribution in [0, 0.1) is 0 Å². The molecule has 0 radical (unpaired) electrons. The van der Waals surface area contributed by atoms with Crippen LogP contribution in [-0.4, -0.2) is 30.8 Å². The van der Waals surface area contributed by atoms with E-state index in [1.54, 1.807) is 0 Å². The molecule has 0 aliphatic heterocycles. The van der Waals surface area contributed by atoms with Gasteiger partial charge < -0.3 is 15.2 Å². The lowest BCUT2D eigenvalue weighted by atomic mass is 9.89. The van der Waals surface area contributed by atoms with E-state index in [1.807, 2.05) is 0 Å². The zero-order valence-electron chi connectivity index (χ0n) is 17.0. The minimum Gasteiger partial charge on any atom is -0.494 e. The van der Waals surface area contributed by atoms with E-state index >= 15 is 0 Å². The summed E-state index contributed by atoms with van der Waals surface area (Å²) in [4.78, 5) is 10.6. The molecule has 0 heterocycles. The van der Waals surface area contributed by atoms with Crippen LogP contribution in [0.4, 0.5) is 0 Å². The fourth-order valence-electron chi connectivity index (χ4n) is 3.71. The van der Waals surface area contributed by atoms with Crippen molar-refractivity contribution in [2.45, 2.75) is 44.9 Å². The molecule has 3 rings (SSSR count). The van der Waals surface area contributed by atoms with E-state index in [0.717, 1.165) is 57.4 Å². The zero-order valence-corrected chi connectivity index (χ0v) is 17.0. The molecule has 0 amide bonds. The number of rotatable bonds is 11. The molecule has 0 spiro atoms. The van der Waals surface area contributed by atoms with E-state index in [-0.39, 0.29) is 6.42 Å². The highest BCUT2D eigenvalue weighted by molar-refractivity contribution is 5.71. The molecule has 2 N–H and O–H groups in total. The number of carbonyl (C=O) groups is 1. The van der Waals surface area contributed by atoms with Gasteiger partial charge in [-0.2, -0.15) is 0 Å². The first kappa shape index (κ1) is 21.1. The maximum Gasteiger partial charge on any atom is 0.304 e. The number of hydrogen-bond donors (Lipinski definition) is 2. The number of aryl methyl sites for hydroxylation is 1. The van der Waals surface area contributed by atoms with E-state index in [4.69, 9.17) is 9.84 Å². The fourth-order valence-corrected chi connectivity index (χ4v) is 3.71. The Morgan fingerprint density at radius 3 is 3.00 bits per heavy atom. The summed E-state index contributed by atoms with van der Waals surface area (Å²) < 4.78 is 5.98. The SMILES string of the molecule is O=C(O)CCNCCC1=CCCc2cc(OCCCC=C3C=CC=CC3)ccc21. The number of hydrogen-bond acceptors (Lipinski definition) is 3. The molecule has 1 aromatic rings. The Bertz CT molecular complexity index is 817. The number of allylic oxidation sites excluding steroid dienone is 7. The van der Waals surface area contributed by atoms with Crippen LogP contribution < -0.4 is 10.1 Å². The highest BCUT2D eigenvalue weighted by Crippen LogP contribution is 2.31. The summed E-state index contributed by atoms with van der Waals surface area (Å²) in [5.74, 6) is 0.199. The van der Waals surface area contributed by atoms with Crippen molar-refractivity contribution in [3.05, 3.63) is 71.4 Å². The molecule has 0 saturated heterocycles. The van der Waals surface area contributed by atoms with Gasteiger partial charge in [-0.3, -0.25) is 4.79 Å². The van der Waals surface area contributed by atoms with Crippen LogP contribution >= 0.6 is 0 Å². The summed E-state index contributed by atoms with van der Waals surface area (Å²) in [5, 5.41) is 11.9. The standard InChI is InChI=1S/C25H31NO3/c27-25(28)15-17-26-16-14-21-10-6-11-22-19-23(12-13-24(21)22)29-18-5-4-9-20-7-2-1-3-8-20/h1-3,7,9-10,12-13,19,26H,4-6,8,11,14-18H2,(H,27,28). The summed E-state index contributed by atoms with van der Waals surface area (Å²) >= 11 is 0. The van der Waals surface area contributed by atoms with Gasteiger partial charge in [0, 0.05) is 6.54 Å². The second-order valence-electron chi connectivity index (χ2n) is 7.49. The molecule has 2 aliphatic rings. The summed E-state index contributed by atoms with van der Waals surface area (Å²) in [6, 6.07) is 6.43. The predicted octanol–water partition coefficient (Wildman–Crippen LogP) is 5.07. The molecule has 29 heavy (non-hydrogen) atoms. The van der Waals surface area contributed by atoms with Gasteiger partial charge in [0.15, 0.2) is 0 Å². The highest BCUT2D eigenvalue weighted by atomic mass is 16.5. The fraction of sp³-hybridized carbons (Fsp3) is 0.400. The number of aliphatic carboxylic acids is 1. The topological polar surface area (TPSA) is 58.6 Å². The van der Waals surface area contributed by atoms with Crippen molar-refractivity contribution in [3.63, 3.8) is 0 Å². The average Bonchev–Trinajstić information content (AvgIpc) is 2.73. The van der Waals surface area contributed by atoms with Gasteiger partial charge in [-0.05, 0) is 79.5 Å². The number of nitrogens with one attached hydrogen (secondary N) is 1. The normalized spacial score (nSPS) is 16.6.